The molecule has 0 atom stereocenters. The number of nitrogens with one attached hydrogen (secondary N) is 1. The van der Waals surface area contributed by atoms with Crippen molar-refractivity contribution in [3.8, 4) is 0 Å². The fraction of sp³-hybridized carbons (Fsp3) is 0.438. The molecule has 1 heterocycles. The maximum absolute atomic E-state index is 11.9. The first kappa shape index (κ1) is 18.6. The van der Waals surface area contributed by atoms with E-state index in [2.05, 4.69) is 10.2 Å². The van der Waals surface area contributed by atoms with Crippen LogP contribution in [0.1, 0.15) is 24.8 Å². The lowest BCUT2D eigenvalue weighted by molar-refractivity contribution is -0.159. The smallest absolute Gasteiger partial charge is 0.414 e. The Labute approximate surface area is 134 Å². The maximum atomic E-state index is 11.9. The molecular formula is C16H22N2O5. The summed E-state index contributed by atoms with van der Waals surface area (Å²) in [5, 5.41) is 17.8. The number of amides is 1. The summed E-state index contributed by atoms with van der Waals surface area (Å²) in [6.45, 7) is 4.65. The molecule has 1 amide bonds. The van der Waals surface area contributed by atoms with E-state index in [-0.39, 0.29) is 5.91 Å². The van der Waals surface area contributed by atoms with Crippen molar-refractivity contribution in [2.24, 2.45) is 0 Å². The van der Waals surface area contributed by atoms with Crippen molar-refractivity contribution in [3.63, 3.8) is 0 Å². The van der Waals surface area contributed by atoms with E-state index in [0.717, 1.165) is 24.3 Å². The number of carbonyl (C=O) groups excluding carboxylic acids is 1. The molecule has 1 saturated heterocycles. The number of nitrogens with zero attached hydrogens (tertiary/aromatic N) is 1. The summed E-state index contributed by atoms with van der Waals surface area (Å²) >= 11 is 0. The number of benzene rings is 1. The number of piperidine rings is 1. The van der Waals surface area contributed by atoms with Crippen molar-refractivity contribution in [1.82, 2.24) is 4.90 Å². The molecule has 126 valence electrons. The number of hydrogen-bond acceptors (Lipinski definition) is 4. The van der Waals surface area contributed by atoms with Gasteiger partial charge in [0, 0.05) is 5.69 Å². The first-order valence-corrected chi connectivity index (χ1v) is 7.44. The lowest BCUT2D eigenvalue weighted by atomic mass is 10.1. The van der Waals surface area contributed by atoms with Crippen molar-refractivity contribution < 1.29 is 24.6 Å². The Morgan fingerprint density at radius 3 is 2.13 bits per heavy atom. The van der Waals surface area contributed by atoms with Gasteiger partial charge in [0.1, 0.15) is 0 Å². The van der Waals surface area contributed by atoms with Gasteiger partial charge in [-0.1, -0.05) is 24.6 Å². The van der Waals surface area contributed by atoms with Crippen LogP contribution in [0, 0.1) is 6.92 Å². The Kier molecular flexibility index (Phi) is 7.76. The molecule has 3 N–H and O–H groups in total. The summed E-state index contributed by atoms with van der Waals surface area (Å²) in [5.74, 6) is -3.55. The predicted molar refractivity (Wildman–Crippen MR) is 85.4 cm³/mol. The van der Waals surface area contributed by atoms with E-state index in [0.29, 0.717) is 6.54 Å². The molecular weight excluding hydrogens is 300 g/mol. The van der Waals surface area contributed by atoms with Crippen molar-refractivity contribution in [1.29, 1.82) is 0 Å². The van der Waals surface area contributed by atoms with Gasteiger partial charge in [0.25, 0.3) is 0 Å². The molecule has 0 aliphatic carbocycles. The first-order chi connectivity index (χ1) is 10.9. The molecule has 2 rings (SSSR count). The highest BCUT2D eigenvalue weighted by Gasteiger charge is 2.14. The van der Waals surface area contributed by atoms with Crippen LogP contribution in [0.5, 0.6) is 0 Å². The van der Waals surface area contributed by atoms with Gasteiger partial charge >= 0.3 is 11.9 Å². The van der Waals surface area contributed by atoms with E-state index >= 15 is 0 Å². The van der Waals surface area contributed by atoms with Crippen LogP contribution in [0.15, 0.2) is 24.3 Å². The molecule has 1 fully saturated rings. The largest absolute Gasteiger partial charge is 0.473 e. The highest BCUT2D eigenvalue weighted by molar-refractivity contribution is 6.27. The van der Waals surface area contributed by atoms with Crippen molar-refractivity contribution in [2.45, 2.75) is 26.2 Å². The van der Waals surface area contributed by atoms with Crippen LogP contribution in [0.4, 0.5) is 5.69 Å². The van der Waals surface area contributed by atoms with Gasteiger partial charge in [0.05, 0.1) is 6.54 Å². The molecule has 0 bridgehead atoms. The topological polar surface area (TPSA) is 107 Å². The fourth-order valence-electron chi connectivity index (χ4n) is 2.22. The number of para-hydroxylation sites is 1. The predicted octanol–water partition coefficient (Wildman–Crippen LogP) is 1.58. The number of carbonyl (C=O) groups is 3. The number of rotatable bonds is 3. The average molecular weight is 322 g/mol. The van der Waals surface area contributed by atoms with Crippen LogP contribution in [0.25, 0.3) is 0 Å². The summed E-state index contributed by atoms with van der Waals surface area (Å²) in [6.07, 6.45) is 3.74. The number of aryl methyl sites for hydroxylation is 1. The molecule has 1 aromatic rings. The SMILES string of the molecule is Cc1ccccc1NC(=O)CN1CCCCC1.O=C(O)C(=O)O. The van der Waals surface area contributed by atoms with Crippen LogP contribution in [0.2, 0.25) is 0 Å². The van der Waals surface area contributed by atoms with E-state index in [1.807, 2.05) is 31.2 Å². The Hall–Kier alpha value is -2.41. The molecule has 0 unspecified atom stereocenters. The Morgan fingerprint density at radius 2 is 1.61 bits per heavy atom. The number of carboxylic acid groups (broad SMARTS) is 2. The standard InChI is InChI=1S/C14H20N2O.C2H2O4/c1-12-7-3-4-8-13(12)15-14(17)11-16-9-5-2-6-10-16;3-1(4)2(5)6/h3-4,7-8H,2,5-6,9-11H2,1H3,(H,15,17);(H,3,4)(H,5,6). The van der Waals surface area contributed by atoms with Crippen LogP contribution in [0.3, 0.4) is 0 Å². The van der Waals surface area contributed by atoms with Gasteiger partial charge in [-0.15, -0.1) is 0 Å². The molecule has 1 aliphatic heterocycles. The third-order valence-electron chi connectivity index (χ3n) is 3.42. The minimum absolute atomic E-state index is 0.0983. The Morgan fingerprint density at radius 1 is 1.04 bits per heavy atom. The molecule has 23 heavy (non-hydrogen) atoms. The van der Waals surface area contributed by atoms with Gasteiger partial charge in [0.15, 0.2) is 0 Å². The summed E-state index contributed by atoms with van der Waals surface area (Å²) in [6, 6.07) is 7.89. The normalized spacial score (nSPS) is 14.3. The van der Waals surface area contributed by atoms with Gasteiger partial charge in [0.2, 0.25) is 5.91 Å². The number of likely N-dealkylation sites (tertiary alicyclic amines) is 1. The zero-order chi connectivity index (χ0) is 17.2. The number of aliphatic carboxylic acids is 2. The van der Waals surface area contributed by atoms with E-state index in [1.54, 1.807) is 0 Å². The van der Waals surface area contributed by atoms with Crippen LogP contribution in [-0.4, -0.2) is 52.6 Å². The third kappa shape index (κ3) is 7.42. The summed E-state index contributed by atoms with van der Waals surface area (Å²) < 4.78 is 0. The van der Waals surface area contributed by atoms with Crippen LogP contribution < -0.4 is 5.32 Å². The van der Waals surface area contributed by atoms with E-state index in [9.17, 15) is 4.79 Å². The number of anilines is 1. The lowest BCUT2D eigenvalue weighted by Crippen LogP contribution is -2.36. The van der Waals surface area contributed by atoms with E-state index in [1.165, 1.54) is 19.3 Å². The number of carboxylic acids is 2. The molecule has 0 aromatic heterocycles. The fourth-order valence-corrected chi connectivity index (χ4v) is 2.22. The summed E-state index contributed by atoms with van der Waals surface area (Å²) in [7, 11) is 0. The lowest BCUT2D eigenvalue weighted by Gasteiger charge is -2.25. The van der Waals surface area contributed by atoms with Crippen LogP contribution in [-0.2, 0) is 14.4 Å². The van der Waals surface area contributed by atoms with E-state index < -0.39 is 11.9 Å². The highest BCUT2D eigenvalue weighted by Crippen LogP contribution is 2.13. The van der Waals surface area contributed by atoms with Gasteiger partial charge in [-0.05, 0) is 44.5 Å². The molecule has 0 radical (unpaired) electrons. The first-order valence-electron chi connectivity index (χ1n) is 7.44. The van der Waals surface area contributed by atoms with Crippen molar-refractivity contribution in [2.75, 3.05) is 25.0 Å². The molecule has 0 spiro atoms. The summed E-state index contributed by atoms with van der Waals surface area (Å²) in [5.41, 5.74) is 2.04. The molecule has 0 saturated carbocycles. The molecule has 7 nitrogen and oxygen atoms in total. The highest BCUT2D eigenvalue weighted by atomic mass is 16.4. The van der Waals surface area contributed by atoms with Crippen molar-refractivity contribution in [3.05, 3.63) is 29.8 Å². The van der Waals surface area contributed by atoms with Crippen molar-refractivity contribution >= 4 is 23.5 Å². The number of hydrogen-bond donors (Lipinski definition) is 3. The second-order valence-corrected chi connectivity index (χ2v) is 5.31. The average Bonchev–Trinajstić information content (AvgIpc) is 2.51. The second-order valence-electron chi connectivity index (χ2n) is 5.31. The zero-order valence-corrected chi connectivity index (χ0v) is 13.1. The molecule has 7 heteroatoms. The van der Waals surface area contributed by atoms with Gasteiger partial charge in [-0.2, -0.15) is 0 Å². The van der Waals surface area contributed by atoms with Gasteiger partial charge in [-0.25, -0.2) is 9.59 Å². The molecule has 1 aromatic carbocycles. The maximum Gasteiger partial charge on any atom is 0.414 e. The summed E-state index contributed by atoms with van der Waals surface area (Å²) in [4.78, 5) is 32.3. The zero-order valence-electron chi connectivity index (χ0n) is 13.1. The molecule has 1 aliphatic rings. The minimum Gasteiger partial charge on any atom is -0.473 e. The van der Waals surface area contributed by atoms with Gasteiger partial charge < -0.3 is 15.5 Å². The second kappa shape index (κ2) is 9.58. The van der Waals surface area contributed by atoms with E-state index in [4.69, 9.17) is 19.8 Å². The third-order valence-corrected chi connectivity index (χ3v) is 3.42. The Bertz CT molecular complexity index is 541. The Balaban J connectivity index is 0.000000379. The minimum atomic E-state index is -1.82. The monoisotopic (exact) mass is 322 g/mol. The van der Waals surface area contributed by atoms with Crippen LogP contribution >= 0.6 is 0 Å². The van der Waals surface area contributed by atoms with Gasteiger partial charge in [-0.3, -0.25) is 9.69 Å². The quantitative estimate of drug-likeness (QED) is 0.729.